The fraction of sp³-hybridized carbons (Fsp3) is 1.00. The highest BCUT2D eigenvalue weighted by atomic mass is 15.2. The standard InChI is InChI=1S/C19H38N2/c1-6-20-18-8-7-17(15(4)5)13-19(18)21-11-9-16(10-12-21)14(2)3/h14-20H,6-13H2,1-5H3. The van der Waals surface area contributed by atoms with E-state index in [1.54, 1.807) is 0 Å². The van der Waals surface area contributed by atoms with Gasteiger partial charge in [0.05, 0.1) is 0 Å². The lowest BCUT2D eigenvalue weighted by molar-refractivity contribution is 0.0489. The normalized spacial score (nSPS) is 33.0. The fourth-order valence-electron chi connectivity index (χ4n) is 4.61. The first-order chi connectivity index (χ1) is 10.0. The van der Waals surface area contributed by atoms with Crippen LogP contribution in [0.1, 0.15) is 66.7 Å². The number of likely N-dealkylation sites (N-methyl/N-ethyl adjacent to an activating group) is 1. The minimum absolute atomic E-state index is 0.737. The second kappa shape index (κ2) is 7.97. The van der Waals surface area contributed by atoms with Crippen LogP contribution in [0.2, 0.25) is 0 Å². The molecule has 1 aliphatic carbocycles. The molecule has 0 aromatic heterocycles. The molecule has 0 bridgehead atoms. The molecule has 2 fully saturated rings. The number of hydrogen-bond donors (Lipinski definition) is 1. The van der Waals surface area contributed by atoms with Crippen LogP contribution in [0.15, 0.2) is 0 Å². The van der Waals surface area contributed by atoms with E-state index in [1.165, 1.54) is 45.2 Å². The van der Waals surface area contributed by atoms with E-state index in [-0.39, 0.29) is 0 Å². The van der Waals surface area contributed by atoms with Gasteiger partial charge < -0.3 is 5.32 Å². The van der Waals surface area contributed by atoms with E-state index >= 15 is 0 Å². The quantitative estimate of drug-likeness (QED) is 0.819. The summed E-state index contributed by atoms with van der Waals surface area (Å²) in [5.41, 5.74) is 0. The molecule has 2 nitrogen and oxygen atoms in total. The van der Waals surface area contributed by atoms with Gasteiger partial charge >= 0.3 is 0 Å². The number of nitrogens with zero attached hydrogens (tertiary/aromatic N) is 1. The second-order valence-electron chi connectivity index (χ2n) is 8.17. The molecule has 1 saturated heterocycles. The van der Waals surface area contributed by atoms with Gasteiger partial charge in [0.25, 0.3) is 0 Å². The van der Waals surface area contributed by atoms with Crippen molar-refractivity contribution in [1.29, 1.82) is 0 Å². The second-order valence-corrected chi connectivity index (χ2v) is 8.17. The lowest BCUT2D eigenvalue weighted by Crippen LogP contribution is -2.55. The average molecular weight is 295 g/mol. The number of hydrogen-bond acceptors (Lipinski definition) is 2. The van der Waals surface area contributed by atoms with Gasteiger partial charge in [-0.15, -0.1) is 0 Å². The van der Waals surface area contributed by atoms with Gasteiger partial charge in [-0.3, -0.25) is 4.90 Å². The Labute approximate surface area is 133 Å². The highest BCUT2D eigenvalue weighted by Crippen LogP contribution is 2.35. The fourth-order valence-corrected chi connectivity index (χ4v) is 4.61. The summed E-state index contributed by atoms with van der Waals surface area (Å²) in [6, 6.07) is 1.53. The molecule has 1 saturated carbocycles. The summed E-state index contributed by atoms with van der Waals surface area (Å²) >= 11 is 0. The van der Waals surface area contributed by atoms with Crippen molar-refractivity contribution in [1.82, 2.24) is 10.2 Å². The lowest BCUT2D eigenvalue weighted by atomic mass is 9.75. The zero-order valence-corrected chi connectivity index (χ0v) is 15.1. The summed E-state index contributed by atoms with van der Waals surface area (Å²) < 4.78 is 0. The number of nitrogens with one attached hydrogen (secondary N) is 1. The molecule has 3 atom stereocenters. The molecule has 21 heavy (non-hydrogen) atoms. The van der Waals surface area contributed by atoms with E-state index < -0.39 is 0 Å². The first-order valence-electron chi connectivity index (χ1n) is 9.50. The molecule has 0 aromatic rings. The van der Waals surface area contributed by atoms with Crippen LogP contribution in [0.5, 0.6) is 0 Å². The largest absolute Gasteiger partial charge is 0.313 e. The third kappa shape index (κ3) is 4.45. The van der Waals surface area contributed by atoms with Crippen molar-refractivity contribution in [2.45, 2.75) is 78.8 Å². The van der Waals surface area contributed by atoms with Crippen molar-refractivity contribution in [3.8, 4) is 0 Å². The van der Waals surface area contributed by atoms with Crippen LogP contribution in [-0.2, 0) is 0 Å². The summed E-state index contributed by atoms with van der Waals surface area (Å²) in [4.78, 5) is 2.83. The number of rotatable bonds is 5. The first-order valence-corrected chi connectivity index (χ1v) is 9.50. The predicted molar refractivity (Wildman–Crippen MR) is 92.6 cm³/mol. The molecule has 1 aliphatic heterocycles. The summed E-state index contributed by atoms with van der Waals surface area (Å²) in [7, 11) is 0. The third-order valence-electron chi connectivity index (χ3n) is 6.25. The molecule has 124 valence electrons. The van der Waals surface area contributed by atoms with Crippen LogP contribution in [0, 0.1) is 23.7 Å². The van der Waals surface area contributed by atoms with Crippen LogP contribution in [0.3, 0.4) is 0 Å². The highest BCUT2D eigenvalue weighted by Gasteiger charge is 2.36. The van der Waals surface area contributed by atoms with Crippen LogP contribution < -0.4 is 5.32 Å². The average Bonchev–Trinajstić information content (AvgIpc) is 2.48. The van der Waals surface area contributed by atoms with E-state index in [2.05, 4.69) is 44.8 Å². The van der Waals surface area contributed by atoms with Crippen molar-refractivity contribution >= 4 is 0 Å². The molecule has 0 aromatic carbocycles. The van der Waals surface area contributed by atoms with Crippen molar-refractivity contribution < 1.29 is 0 Å². The molecule has 1 heterocycles. The summed E-state index contributed by atoms with van der Waals surface area (Å²) in [6.07, 6.45) is 7.06. The molecular weight excluding hydrogens is 256 g/mol. The molecule has 0 radical (unpaired) electrons. The monoisotopic (exact) mass is 294 g/mol. The molecule has 0 amide bonds. The van der Waals surface area contributed by atoms with Crippen molar-refractivity contribution in [2.75, 3.05) is 19.6 Å². The molecule has 1 N–H and O–H groups in total. The van der Waals surface area contributed by atoms with E-state index in [0.717, 1.165) is 42.3 Å². The summed E-state index contributed by atoms with van der Waals surface area (Å²) in [6.45, 7) is 15.7. The Morgan fingerprint density at radius 3 is 2.05 bits per heavy atom. The smallest absolute Gasteiger partial charge is 0.0252 e. The molecule has 2 rings (SSSR count). The predicted octanol–water partition coefficient (Wildman–Crippen LogP) is 4.16. The molecule has 2 heteroatoms. The van der Waals surface area contributed by atoms with Crippen LogP contribution in [-0.4, -0.2) is 36.6 Å². The highest BCUT2D eigenvalue weighted by molar-refractivity contribution is 4.93. The Bertz CT molecular complexity index is 292. The Morgan fingerprint density at radius 2 is 1.52 bits per heavy atom. The van der Waals surface area contributed by atoms with Crippen LogP contribution in [0.25, 0.3) is 0 Å². The van der Waals surface area contributed by atoms with Crippen LogP contribution >= 0.6 is 0 Å². The molecule has 0 spiro atoms. The van der Waals surface area contributed by atoms with Gasteiger partial charge in [0, 0.05) is 12.1 Å². The Kier molecular flexibility index (Phi) is 6.55. The van der Waals surface area contributed by atoms with Gasteiger partial charge in [0.15, 0.2) is 0 Å². The summed E-state index contributed by atoms with van der Waals surface area (Å²) in [5, 5.41) is 3.78. The third-order valence-corrected chi connectivity index (χ3v) is 6.25. The van der Waals surface area contributed by atoms with E-state index in [1.807, 2.05) is 0 Å². The molecule has 2 aliphatic rings. The van der Waals surface area contributed by atoms with Crippen molar-refractivity contribution in [2.24, 2.45) is 23.7 Å². The van der Waals surface area contributed by atoms with Gasteiger partial charge in [-0.25, -0.2) is 0 Å². The lowest BCUT2D eigenvalue weighted by Gasteiger charge is -2.47. The minimum Gasteiger partial charge on any atom is -0.313 e. The van der Waals surface area contributed by atoms with Gasteiger partial charge in [-0.2, -0.15) is 0 Å². The van der Waals surface area contributed by atoms with Crippen molar-refractivity contribution in [3.63, 3.8) is 0 Å². The minimum atomic E-state index is 0.737. The molecular formula is C19H38N2. The van der Waals surface area contributed by atoms with Crippen molar-refractivity contribution in [3.05, 3.63) is 0 Å². The van der Waals surface area contributed by atoms with Gasteiger partial charge in [0.1, 0.15) is 0 Å². The summed E-state index contributed by atoms with van der Waals surface area (Å²) in [5.74, 6) is 3.62. The molecule has 3 unspecified atom stereocenters. The zero-order chi connectivity index (χ0) is 15.4. The maximum atomic E-state index is 3.78. The van der Waals surface area contributed by atoms with Gasteiger partial charge in [0.2, 0.25) is 0 Å². The van der Waals surface area contributed by atoms with E-state index in [0.29, 0.717) is 0 Å². The first kappa shape index (κ1) is 17.3. The topological polar surface area (TPSA) is 15.3 Å². The Hall–Kier alpha value is -0.0800. The Morgan fingerprint density at radius 1 is 0.905 bits per heavy atom. The van der Waals surface area contributed by atoms with Gasteiger partial charge in [-0.1, -0.05) is 34.6 Å². The zero-order valence-electron chi connectivity index (χ0n) is 15.1. The van der Waals surface area contributed by atoms with Gasteiger partial charge in [-0.05, 0) is 75.4 Å². The Balaban J connectivity index is 1.96. The maximum absolute atomic E-state index is 3.78. The van der Waals surface area contributed by atoms with E-state index in [4.69, 9.17) is 0 Å². The number of likely N-dealkylation sites (tertiary alicyclic amines) is 1. The van der Waals surface area contributed by atoms with E-state index in [9.17, 15) is 0 Å². The maximum Gasteiger partial charge on any atom is 0.0252 e. The van der Waals surface area contributed by atoms with Crippen LogP contribution in [0.4, 0.5) is 0 Å². The number of piperidine rings is 1. The SMILES string of the molecule is CCNC1CCC(C(C)C)CC1N1CCC(C(C)C)CC1.